The van der Waals surface area contributed by atoms with Crippen LogP contribution in [0.1, 0.15) is 44.0 Å². The van der Waals surface area contributed by atoms with Crippen molar-refractivity contribution < 1.29 is 19.2 Å². The van der Waals surface area contributed by atoms with Crippen molar-refractivity contribution in [1.82, 2.24) is 15.8 Å². The molecular weight excluding hydrogens is 286 g/mol. The predicted molar refractivity (Wildman–Crippen MR) is 81.1 cm³/mol. The first kappa shape index (κ1) is 17.9. The van der Waals surface area contributed by atoms with Gasteiger partial charge in [-0.15, -0.1) is 0 Å². The third kappa shape index (κ3) is 8.21. The lowest BCUT2D eigenvalue weighted by Crippen LogP contribution is -2.32. The maximum Gasteiger partial charge on any atom is 0.431 e. The molecule has 122 valence electrons. The molecule has 0 aliphatic heterocycles. The van der Waals surface area contributed by atoms with E-state index in [-0.39, 0.29) is 5.91 Å². The van der Waals surface area contributed by atoms with Gasteiger partial charge in [-0.3, -0.25) is 14.6 Å². The number of hydrogen-bond acceptors (Lipinski definition) is 5. The second-order valence-electron chi connectivity index (χ2n) is 5.65. The zero-order chi connectivity index (χ0) is 16.4. The summed E-state index contributed by atoms with van der Waals surface area (Å²) < 4.78 is 5.01. The number of rotatable bonds is 7. The van der Waals surface area contributed by atoms with Gasteiger partial charge in [0.15, 0.2) is 0 Å². The molecule has 1 rings (SSSR count). The molecule has 0 saturated carbocycles. The second-order valence-corrected chi connectivity index (χ2v) is 5.65. The minimum atomic E-state index is -0.613. The number of nitrogens with one attached hydrogen (secondary N) is 2. The minimum absolute atomic E-state index is 0.129. The first-order chi connectivity index (χ1) is 10.4. The van der Waals surface area contributed by atoms with Crippen LogP contribution in [0.15, 0.2) is 24.5 Å². The monoisotopic (exact) mass is 309 g/mol. The predicted octanol–water partition coefficient (Wildman–Crippen LogP) is 2.05. The van der Waals surface area contributed by atoms with Crippen LogP contribution in [0.25, 0.3) is 0 Å². The molecule has 0 fully saturated rings. The van der Waals surface area contributed by atoms with E-state index in [1.54, 1.807) is 45.3 Å². The van der Waals surface area contributed by atoms with E-state index in [0.717, 1.165) is 6.42 Å². The Bertz CT molecular complexity index is 471. The van der Waals surface area contributed by atoms with Gasteiger partial charge in [-0.05, 0) is 45.7 Å². The Morgan fingerprint density at radius 3 is 2.50 bits per heavy atom. The lowest BCUT2D eigenvalue weighted by molar-refractivity contribution is -0.00846. The van der Waals surface area contributed by atoms with Crippen molar-refractivity contribution in [1.29, 1.82) is 0 Å². The van der Waals surface area contributed by atoms with Gasteiger partial charge in [-0.25, -0.2) is 4.79 Å². The lowest BCUT2D eigenvalue weighted by Gasteiger charge is -2.19. The quantitative estimate of drug-likeness (QED) is 0.594. The Hall–Kier alpha value is -2.15. The van der Waals surface area contributed by atoms with Crippen molar-refractivity contribution in [2.24, 2.45) is 0 Å². The van der Waals surface area contributed by atoms with Crippen molar-refractivity contribution in [2.45, 2.75) is 39.2 Å². The molecule has 22 heavy (non-hydrogen) atoms. The molecule has 0 unspecified atom stereocenters. The molecule has 0 atom stereocenters. The Labute approximate surface area is 130 Å². The fraction of sp³-hybridized carbons (Fsp3) is 0.533. The van der Waals surface area contributed by atoms with Crippen molar-refractivity contribution in [2.75, 3.05) is 13.2 Å². The first-order valence-electron chi connectivity index (χ1n) is 7.17. The molecular formula is C15H23N3O4. The summed E-state index contributed by atoms with van der Waals surface area (Å²) in [6.07, 6.45) is 3.98. The summed E-state index contributed by atoms with van der Waals surface area (Å²) >= 11 is 0. The van der Waals surface area contributed by atoms with Crippen LogP contribution >= 0.6 is 0 Å². The van der Waals surface area contributed by atoms with E-state index < -0.39 is 11.7 Å². The SMILES string of the molecule is CC(C)(C)OC(=O)NOCCCCNC(=O)c1ccncc1. The molecule has 0 aliphatic rings. The molecule has 1 aromatic rings. The Balaban J connectivity index is 2.02. The van der Waals surface area contributed by atoms with Crippen molar-refractivity contribution in [3.05, 3.63) is 30.1 Å². The summed E-state index contributed by atoms with van der Waals surface area (Å²) in [5, 5.41) is 2.80. The Morgan fingerprint density at radius 1 is 1.18 bits per heavy atom. The van der Waals surface area contributed by atoms with Gasteiger partial charge in [-0.1, -0.05) is 0 Å². The summed E-state index contributed by atoms with van der Waals surface area (Å²) in [6, 6.07) is 3.31. The average molecular weight is 309 g/mol. The summed E-state index contributed by atoms with van der Waals surface area (Å²) in [4.78, 5) is 31.8. The number of aromatic nitrogens is 1. The van der Waals surface area contributed by atoms with Gasteiger partial charge >= 0.3 is 6.09 Å². The zero-order valence-electron chi connectivity index (χ0n) is 13.2. The zero-order valence-corrected chi connectivity index (χ0v) is 13.2. The van der Waals surface area contributed by atoms with E-state index in [0.29, 0.717) is 25.1 Å². The average Bonchev–Trinajstić information content (AvgIpc) is 2.45. The minimum Gasteiger partial charge on any atom is -0.442 e. The Kier molecular flexibility index (Phi) is 7.31. The fourth-order valence-corrected chi connectivity index (χ4v) is 1.52. The van der Waals surface area contributed by atoms with Gasteiger partial charge in [0.2, 0.25) is 0 Å². The third-order valence-electron chi connectivity index (χ3n) is 2.46. The smallest absolute Gasteiger partial charge is 0.431 e. The van der Waals surface area contributed by atoms with Gasteiger partial charge in [0.1, 0.15) is 5.60 Å². The summed E-state index contributed by atoms with van der Waals surface area (Å²) in [5.74, 6) is -0.129. The highest BCUT2D eigenvalue weighted by atomic mass is 16.7. The number of ether oxygens (including phenoxy) is 1. The number of hydroxylamine groups is 1. The van der Waals surface area contributed by atoms with Crippen LogP contribution in [0, 0.1) is 0 Å². The molecule has 1 heterocycles. The molecule has 2 amide bonds. The van der Waals surface area contributed by atoms with Crippen LogP contribution in [0.4, 0.5) is 4.79 Å². The van der Waals surface area contributed by atoms with Crippen LogP contribution in [0.5, 0.6) is 0 Å². The van der Waals surface area contributed by atoms with Crippen LogP contribution in [0.2, 0.25) is 0 Å². The first-order valence-corrected chi connectivity index (χ1v) is 7.17. The van der Waals surface area contributed by atoms with Crippen LogP contribution in [-0.4, -0.2) is 35.7 Å². The van der Waals surface area contributed by atoms with Crippen LogP contribution < -0.4 is 10.8 Å². The van der Waals surface area contributed by atoms with Crippen molar-refractivity contribution in [3.63, 3.8) is 0 Å². The fourth-order valence-electron chi connectivity index (χ4n) is 1.52. The number of carbonyl (C=O) groups is 2. The number of hydrogen-bond donors (Lipinski definition) is 2. The molecule has 7 heteroatoms. The number of amides is 2. The van der Waals surface area contributed by atoms with E-state index in [2.05, 4.69) is 15.8 Å². The normalized spacial score (nSPS) is 10.9. The van der Waals surface area contributed by atoms with Crippen LogP contribution in [-0.2, 0) is 9.57 Å². The molecule has 7 nitrogen and oxygen atoms in total. The van der Waals surface area contributed by atoms with E-state index in [1.165, 1.54) is 0 Å². The highest BCUT2D eigenvalue weighted by molar-refractivity contribution is 5.93. The van der Waals surface area contributed by atoms with Crippen LogP contribution in [0.3, 0.4) is 0 Å². The number of pyridine rings is 1. The molecule has 0 aromatic carbocycles. The number of nitrogens with zero attached hydrogens (tertiary/aromatic N) is 1. The molecule has 0 aliphatic carbocycles. The topological polar surface area (TPSA) is 89.5 Å². The molecule has 0 radical (unpaired) electrons. The Morgan fingerprint density at radius 2 is 1.86 bits per heavy atom. The van der Waals surface area contributed by atoms with Gasteiger partial charge in [-0.2, -0.15) is 5.48 Å². The van der Waals surface area contributed by atoms with E-state index >= 15 is 0 Å². The van der Waals surface area contributed by atoms with Gasteiger partial charge in [0.05, 0.1) is 6.61 Å². The number of unbranched alkanes of at least 4 members (excludes halogenated alkanes) is 1. The molecule has 0 bridgehead atoms. The highest BCUT2D eigenvalue weighted by Crippen LogP contribution is 2.06. The molecule has 1 aromatic heterocycles. The molecule has 0 saturated heterocycles. The van der Waals surface area contributed by atoms with Crippen molar-refractivity contribution >= 4 is 12.0 Å². The second kappa shape index (κ2) is 8.99. The lowest BCUT2D eigenvalue weighted by atomic mass is 10.2. The van der Waals surface area contributed by atoms with Gasteiger partial charge in [0.25, 0.3) is 5.91 Å². The van der Waals surface area contributed by atoms with Crippen molar-refractivity contribution in [3.8, 4) is 0 Å². The van der Waals surface area contributed by atoms with E-state index in [4.69, 9.17) is 9.57 Å². The van der Waals surface area contributed by atoms with E-state index in [9.17, 15) is 9.59 Å². The number of carbonyl (C=O) groups excluding carboxylic acids is 2. The maximum atomic E-state index is 11.7. The maximum absolute atomic E-state index is 11.7. The molecule has 0 spiro atoms. The molecule has 2 N–H and O–H groups in total. The third-order valence-corrected chi connectivity index (χ3v) is 2.46. The summed E-state index contributed by atoms with van der Waals surface area (Å²) in [5.41, 5.74) is 2.24. The largest absolute Gasteiger partial charge is 0.442 e. The highest BCUT2D eigenvalue weighted by Gasteiger charge is 2.15. The van der Waals surface area contributed by atoms with Gasteiger partial charge in [0, 0.05) is 24.5 Å². The standard InChI is InChI=1S/C15H23N3O4/c1-15(2,3)22-14(20)18-21-11-5-4-8-17-13(19)12-6-9-16-10-7-12/h6-7,9-10H,4-5,8,11H2,1-3H3,(H,17,19)(H,18,20). The summed E-state index contributed by atoms with van der Waals surface area (Å²) in [7, 11) is 0. The summed E-state index contributed by atoms with van der Waals surface area (Å²) in [6.45, 7) is 6.22. The van der Waals surface area contributed by atoms with E-state index in [1.807, 2.05) is 0 Å². The van der Waals surface area contributed by atoms with Gasteiger partial charge < -0.3 is 10.1 Å².